The summed E-state index contributed by atoms with van der Waals surface area (Å²) in [5.74, 6) is -0.515. The van der Waals surface area contributed by atoms with E-state index in [4.69, 9.17) is 5.10 Å². The fraction of sp³-hybridized carbons (Fsp3) is 0.435. The van der Waals surface area contributed by atoms with Gasteiger partial charge < -0.3 is 10.2 Å². The van der Waals surface area contributed by atoms with Gasteiger partial charge in [-0.2, -0.15) is 5.10 Å². The number of nitrogens with one attached hydrogen (secondary N) is 1. The lowest BCUT2D eigenvalue weighted by molar-refractivity contribution is 0.0945. The van der Waals surface area contributed by atoms with Crippen LogP contribution in [-0.2, 0) is 5.41 Å². The van der Waals surface area contributed by atoms with Crippen molar-refractivity contribution in [3.63, 3.8) is 0 Å². The van der Waals surface area contributed by atoms with E-state index < -0.39 is 0 Å². The summed E-state index contributed by atoms with van der Waals surface area (Å²) in [7, 11) is 0. The van der Waals surface area contributed by atoms with Gasteiger partial charge in [0, 0.05) is 30.1 Å². The minimum Gasteiger partial charge on any atom is -0.349 e. The molecule has 1 aliphatic heterocycles. The molecule has 0 spiro atoms. The Morgan fingerprint density at radius 2 is 1.83 bits per heavy atom. The van der Waals surface area contributed by atoms with Crippen molar-refractivity contribution in [1.29, 1.82) is 0 Å². The molecule has 4 rings (SSSR count). The molecular weight excluding hydrogens is 381 g/mol. The number of aromatic nitrogens is 3. The summed E-state index contributed by atoms with van der Waals surface area (Å²) in [6.45, 7) is 9.87. The Balaban J connectivity index is 1.67. The first-order valence-electron chi connectivity index (χ1n) is 10.5. The molecule has 30 heavy (non-hydrogen) atoms. The molecule has 3 aromatic rings. The number of hydrogen-bond donors (Lipinski definition) is 1. The summed E-state index contributed by atoms with van der Waals surface area (Å²) in [6, 6.07) is 9.84. The molecule has 1 aromatic carbocycles. The van der Waals surface area contributed by atoms with Gasteiger partial charge in [0.25, 0.3) is 5.91 Å². The highest BCUT2D eigenvalue weighted by atomic mass is 19.1. The number of hydrogen-bond acceptors (Lipinski definition) is 4. The van der Waals surface area contributed by atoms with E-state index in [9.17, 15) is 9.18 Å². The molecule has 0 aliphatic carbocycles. The highest BCUT2D eigenvalue weighted by molar-refractivity contribution is 5.94. The third kappa shape index (κ3) is 4.36. The van der Waals surface area contributed by atoms with Gasteiger partial charge in [-0.25, -0.2) is 13.9 Å². The van der Waals surface area contributed by atoms with Gasteiger partial charge in [-0.05, 0) is 56.3 Å². The summed E-state index contributed by atoms with van der Waals surface area (Å²) >= 11 is 0. The quantitative estimate of drug-likeness (QED) is 0.699. The number of nitrogens with zero attached hydrogens (tertiary/aromatic N) is 4. The van der Waals surface area contributed by atoms with E-state index in [0.29, 0.717) is 23.6 Å². The molecule has 1 amide bonds. The van der Waals surface area contributed by atoms with E-state index in [1.165, 1.54) is 25.0 Å². The normalized spacial score (nSPS) is 15.1. The second kappa shape index (κ2) is 8.14. The van der Waals surface area contributed by atoms with Gasteiger partial charge in [0.15, 0.2) is 5.65 Å². The number of carbonyl (C=O) groups is 1. The second-order valence-corrected chi connectivity index (χ2v) is 8.89. The first-order chi connectivity index (χ1) is 14.3. The Morgan fingerprint density at radius 1 is 1.13 bits per heavy atom. The zero-order valence-corrected chi connectivity index (χ0v) is 17.8. The first kappa shape index (κ1) is 20.5. The highest BCUT2D eigenvalue weighted by Gasteiger charge is 2.21. The predicted octanol–water partition coefficient (Wildman–Crippen LogP) is 3.66. The van der Waals surface area contributed by atoms with Crippen LogP contribution in [0.2, 0.25) is 0 Å². The maximum atomic E-state index is 13.4. The topological polar surface area (TPSA) is 62.5 Å². The zero-order chi connectivity index (χ0) is 21.3. The molecule has 1 aliphatic rings. The molecule has 0 bridgehead atoms. The summed E-state index contributed by atoms with van der Waals surface area (Å²) in [5, 5.41) is 7.70. The SMILES string of the molecule is CC(C)(C)c1cc2nc(C(=O)NCCN3CCCC3)cc(-c3ccc(F)cc3)n2n1. The van der Waals surface area contributed by atoms with Gasteiger partial charge in [-0.3, -0.25) is 4.79 Å². The van der Waals surface area contributed by atoms with Crippen LogP contribution in [0, 0.1) is 5.82 Å². The van der Waals surface area contributed by atoms with E-state index in [0.717, 1.165) is 30.9 Å². The van der Waals surface area contributed by atoms with Crippen molar-refractivity contribution in [2.24, 2.45) is 0 Å². The third-order valence-electron chi connectivity index (χ3n) is 5.48. The maximum absolute atomic E-state index is 13.4. The van der Waals surface area contributed by atoms with E-state index >= 15 is 0 Å². The van der Waals surface area contributed by atoms with Crippen LogP contribution in [0.25, 0.3) is 16.9 Å². The summed E-state index contributed by atoms with van der Waals surface area (Å²) in [5.41, 5.74) is 3.14. The first-order valence-corrected chi connectivity index (χ1v) is 10.5. The van der Waals surface area contributed by atoms with Crippen LogP contribution in [0.1, 0.15) is 49.8 Å². The van der Waals surface area contributed by atoms with E-state index in [-0.39, 0.29) is 17.1 Å². The number of likely N-dealkylation sites (tertiary alicyclic amines) is 1. The average molecular weight is 410 g/mol. The lowest BCUT2D eigenvalue weighted by atomic mass is 9.93. The van der Waals surface area contributed by atoms with Gasteiger partial charge in [0.05, 0.1) is 11.4 Å². The molecule has 0 unspecified atom stereocenters. The minimum absolute atomic E-state index is 0.161. The Kier molecular flexibility index (Phi) is 5.56. The fourth-order valence-corrected chi connectivity index (χ4v) is 3.71. The summed E-state index contributed by atoms with van der Waals surface area (Å²) in [4.78, 5) is 19.7. The molecule has 1 saturated heterocycles. The predicted molar refractivity (Wildman–Crippen MR) is 115 cm³/mol. The number of fused-ring (bicyclic) bond motifs is 1. The average Bonchev–Trinajstić information content (AvgIpc) is 3.37. The van der Waals surface area contributed by atoms with Crippen LogP contribution in [0.15, 0.2) is 36.4 Å². The van der Waals surface area contributed by atoms with Crippen molar-refractivity contribution in [3.8, 4) is 11.3 Å². The van der Waals surface area contributed by atoms with Crippen molar-refractivity contribution in [2.75, 3.05) is 26.2 Å². The van der Waals surface area contributed by atoms with Crippen LogP contribution in [0.3, 0.4) is 0 Å². The Labute approximate surface area is 176 Å². The minimum atomic E-state index is -0.306. The molecule has 0 saturated carbocycles. The Morgan fingerprint density at radius 3 is 2.50 bits per heavy atom. The van der Waals surface area contributed by atoms with Crippen LogP contribution >= 0.6 is 0 Å². The van der Waals surface area contributed by atoms with Crippen molar-refractivity contribution >= 4 is 11.6 Å². The number of amides is 1. The number of benzene rings is 1. The monoisotopic (exact) mass is 409 g/mol. The summed E-state index contributed by atoms with van der Waals surface area (Å²) in [6.07, 6.45) is 2.45. The number of carbonyl (C=O) groups excluding carboxylic acids is 1. The van der Waals surface area contributed by atoms with Crippen molar-refractivity contribution in [2.45, 2.75) is 39.0 Å². The van der Waals surface area contributed by atoms with Crippen LogP contribution in [0.5, 0.6) is 0 Å². The Bertz CT molecular complexity index is 1050. The molecule has 158 valence electrons. The molecule has 0 atom stereocenters. The van der Waals surface area contributed by atoms with Gasteiger partial charge in [-0.15, -0.1) is 0 Å². The molecule has 1 N–H and O–H groups in total. The third-order valence-corrected chi connectivity index (χ3v) is 5.48. The van der Waals surface area contributed by atoms with Gasteiger partial charge in [-0.1, -0.05) is 20.8 Å². The standard InChI is InChI=1S/C23H28FN5O/c1-23(2,3)20-15-21-26-18(22(30)25-10-13-28-11-4-5-12-28)14-19(29(21)27-20)16-6-8-17(24)9-7-16/h6-9,14-15H,4-5,10-13H2,1-3H3,(H,25,30). The van der Waals surface area contributed by atoms with E-state index in [1.807, 2.05) is 6.07 Å². The molecule has 2 aromatic heterocycles. The van der Waals surface area contributed by atoms with Crippen LogP contribution in [0.4, 0.5) is 4.39 Å². The lowest BCUT2D eigenvalue weighted by Crippen LogP contribution is -2.34. The molecule has 0 radical (unpaired) electrons. The van der Waals surface area contributed by atoms with Crippen molar-refractivity contribution in [1.82, 2.24) is 24.8 Å². The number of rotatable bonds is 5. The largest absolute Gasteiger partial charge is 0.349 e. The van der Waals surface area contributed by atoms with E-state index in [2.05, 4.69) is 36.0 Å². The maximum Gasteiger partial charge on any atom is 0.270 e. The zero-order valence-electron chi connectivity index (χ0n) is 17.8. The molecular formula is C23H28FN5O. The van der Waals surface area contributed by atoms with Gasteiger partial charge >= 0.3 is 0 Å². The van der Waals surface area contributed by atoms with Crippen molar-refractivity contribution < 1.29 is 9.18 Å². The second-order valence-electron chi connectivity index (χ2n) is 8.89. The molecule has 3 heterocycles. The van der Waals surface area contributed by atoms with Gasteiger partial charge in [0.1, 0.15) is 11.5 Å². The Hall–Kier alpha value is -2.80. The number of halogens is 1. The fourth-order valence-electron chi connectivity index (χ4n) is 3.71. The van der Waals surface area contributed by atoms with E-state index in [1.54, 1.807) is 22.7 Å². The smallest absolute Gasteiger partial charge is 0.270 e. The molecule has 1 fully saturated rings. The lowest BCUT2D eigenvalue weighted by Gasteiger charge is -2.15. The van der Waals surface area contributed by atoms with Crippen LogP contribution < -0.4 is 5.32 Å². The van der Waals surface area contributed by atoms with Gasteiger partial charge in [0.2, 0.25) is 0 Å². The van der Waals surface area contributed by atoms with Crippen molar-refractivity contribution in [3.05, 3.63) is 53.6 Å². The van der Waals surface area contributed by atoms with Crippen LogP contribution in [-0.4, -0.2) is 51.6 Å². The highest BCUT2D eigenvalue weighted by Crippen LogP contribution is 2.26. The summed E-state index contributed by atoms with van der Waals surface area (Å²) < 4.78 is 15.2. The molecule has 6 nitrogen and oxygen atoms in total. The molecule has 7 heteroatoms.